The van der Waals surface area contributed by atoms with Gasteiger partial charge in [-0.1, -0.05) is 6.07 Å². The summed E-state index contributed by atoms with van der Waals surface area (Å²) in [5.41, 5.74) is 0.713. The lowest BCUT2D eigenvalue weighted by molar-refractivity contribution is 0.203. The van der Waals surface area contributed by atoms with Crippen LogP contribution in [0.2, 0.25) is 0 Å². The molecule has 1 atom stereocenters. The molecule has 0 aliphatic rings. The van der Waals surface area contributed by atoms with E-state index in [1.165, 1.54) is 11.3 Å². The Labute approximate surface area is 104 Å². The zero-order valence-electron chi connectivity index (χ0n) is 10.1. The first-order chi connectivity index (χ1) is 8.15. The summed E-state index contributed by atoms with van der Waals surface area (Å²) >= 11 is 1.52. The van der Waals surface area contributed by atoms with E-state index in [9.17, 15) is 5.11 Å². The molecule has 0 aliphatic heterocycles. The van der Waals surface area contributed by atoms with E-state index < -0.39 is 6.10 Å². The normalized spacial score (nSPS) is 13.0. The Kier molecular flexibility index (Phi) is 3.49. The Morgan fingerprint density at radius 3 is 2.76 bits per heavy atom. The van der Waals surface area contributed by atoms with Crippen LogP contribution in [0.3, 0.4) is 0 Å². The van der Waals surface area contributed by atoms with Crippen molar-refractivity contribution in [1.82, 2.24) is 9.78 Å². The fourth-order valence-corrected chi connectivity index (χ4v) is 2.48. The molecule has 4 nitrogen and oxygen atoms in total. The van der Waals surface area contributed by atoms with Crippen LogP contribution in [0, 0.1) is 0 Å². The summed E-state index contributed by atoms with van der Waals surface area (Å²) in [6, 6.07) is 4.02. The standard InChI is InChI=1S/C12H16N2O2S/c1-8(2)14-11(9(16-3)7-13-14)12(15)10-5-4-6-17-10/h4-8,12,15H,1-3H3. The molecule has 0 amide bonds. The number of ether oxygens (including phenoxy) is 1. The van der Waals surface area contributed by atoms with Gasteiger partial charge in [-0.25, -0.2) is 0 Å². The molecule has 0 fully saturated rings. The molecule has 0 radical (unpaired) electrons. The van der Waals surface area contributed by atoms with Gasteiger partial charge in [0.1, 0.15) is 11.8 Å². The Balaban J connectivity index is 2.45. The predicted octanol–water partition coefficient (Wildman–Crippen LogP) is 2.62. The summed E-state index contributed by atoms with van der Waals surface area (Å²) in [6.45, 7) is 4.05. The van der Waals surface area contributed by atoms with Gasteiger partial charge in [0.2, 0.25) is 0 Å². The van der Waals surface area contributed by atoms with Crippen molar-refractivity contribution in [1.29, 1.82) is 0 Å². The highest BCUT2D eigenvalue weighted by Crippen LogP contribution is 2.33. The SMILES string of the molecule is COc1cnn(C(C)C)c1C(O)c1cccs1. The first-order valence-electron chi connectivity index (χ1n) is 5.48. The molecule has 0 saturated carbocycles. The van der Waals surface area contributed by atoms with Gasteiger partial charge in [0, 0.05) is 10.9 Å². The molecule has 0 aliphatic carbocycles. The van der Waals surface area contributed by atoms with Crippen LogP contribution in [0.1, 0.15) is 36.6 Å². The summed E-state index contributed by atoms with van der Waals surface area (Å²) in [4.78, 5) is 0.894. The maximum atomic E-state index is 10.4. The Morgan fingerprint density at radius 2 is 2.24 bits per heavy atom. The second-order valence-corrected chi connectivity index (χ2v) is 5.03. The van der Waals surface area contributed by atoms with Gasteiger partial charge >= 0.3 is 0 Å². The highest BCUT2D eigenvalue weighted by molar-refractivity contribution is 7.10. The largest absolute Gasteiger partial charge is 0.493 e. The highest BCUT2D eigenvalue weighted by atomic mass is 32.1. The molecular weight excluding hydrogens is 236 g/mol. The monoisotopic (exact) mass is 252 g/mol. The third kappa shape index (κ3) is 2.21. The van der Waals surface area contributed by atoms with Crippen LogP contribution in [0.15, 0.2) is 23.7 Å². The predicted molar refractivity (Wildman–Crippen MR) is 67.5 cm³/mol. The molecule has 0 saturated heterocycles. The molecule has 2 aromatic heterocycles. The van der Waals surface area contributed by atoms with Gasteiger partial charge in [-0.15, -0.1) is 11.3 Å². The van der Waals surface area contributed by atoms with E-state index >= 15 is 0 Å². The average molecular weight is 252 g/mol. The quantitative estimate of drug-likeness (QED) is 0.910. The van der Waals surface area contributed by atoms with Crippen molar-refractivity contribution in [2.24, 2.45) is 0 Å². The highest BCUT2D eigenvalue weighted by Gasteiger charge is 2.23. The van der Waals surface area contributed by atoms with Crippen molar-refractivity contribution >= 4 is 11.3 Å². The van der Waals surface area contributed by atoms with Crippen LogP contribution >= 0.6 is 11.3 Å². The van der Waals surface area contributed by atoms with E-state index in [4.69, 9.17) is 4.74 Å². The molecule has 17 heavy (non-hydrogen) atoms. The van der Waals surface area contributed by atoms with E-state index in [0.717, 1.165) is 4.88 Å². The zero-order chi connectivity index (χ0) is 12.4. The Bertz CT molecular complexity index is 477. The third-order valence-corrected chi connectivity index (χ3v) is 3.50. The van der Waals surface area contributed by atoms with Gasteiger partial charge in [0.15, 0.2) is 5.75 Å². The van der Waals surface area contributed by atoms with Gasteiger partial charge < -0.3 is 9.84 Å². The summed E-state index contributed by atoms with van der Waals surface area (Å²) in [7, 11) is 1.59. The minimum atomic E-state index is -0.685. The Hall–Kier alpha value is -1.33. The van der Waals surface area contributed by atoms with Crippen LogP contribution in [0.25, 0.3) is 0 Å². The van der Waals surface area contributed by atoms with Gasteiger partial charge in [-0.05, 0) is 25.3 Å². The second-order valence-electron chi connectivity index (χ2n) is 4.05. The summed E-state index contributed by atoms with van der Waals surface area (Å²) in [5.74, 6) is 0.625. The fraction of sp³-hybridized carbons (Fsp3) is 0.417. The zero-order valence-corrected chi connectivity index (χ0v) is 10.9. The van der Waals surface area contributed by atoms with Crippen molar-refractivity contribution in [2.75, 3.05) is 7.11 Å². The topological polar surface area (TPSA) is 47.3 Å². The van der Waals surface area contributed by atoms with E-state index in [-0.39, 0.29) is 6.04 Å². The number of thiophene rings is 1. The van der Waals surface area contributed by atoms with Crippen LogP contribution < -0.4 is 4.74 Å². The molecule has 2 rings (SSSR count). The number of methoxy groups -OCH3 is 1. The second kappa shape index (κ2) is 4.89. The number of rotatable bonds is 4. The molecule has 92 valence electrons. The van der Waals surface area contributed by atoms with E-state index in [1.807, 2.05) is 31.4 Å². The van der Waals surface area contributed by atoms with Crippen molar-refractivity contribution in [3.63, 3.8) is 0 Å². The lowest BCUT2D eigenvalue weighted by Gasteiger charge is -2.16. The molecular formula is C12H16N2O2S. The number of aromatic nitrogens is 2. The van der Waals surface area contributed by atoms with Crippen molar-refractivity contribution < 1.29 is 9.84 Å². The van der Waals surface area contributed by atoms with E-state index in [1.54, 1.807) is 18.0 Å². The van der Waals surface area contributed by atoms with Gasteiger partial charge in [0.05, 0.1) is 13.3 Å². The Morgan fingerprint density at radius 1 is 1.47 bits per heavy atom. The molecule has 0 bridgehead atoms. The maximum absolute atomic E-state index is 10.4. The molecule has 1 unspecified atom stereocenters. The minimum absolute atomic E-state index is 0.184. The van der Waals surface area contributed by atoms with Crippen LogP contribution in [0.5, 0.6) is 5.75 Å². The molecule has 5 heteroatoms. The number of aliphatic hydroxyl groups is 1. The maximum Gasteiger partial charge on any atom is 0.163 e. The molecule has 1 N–H and O–H groups in total. The summed E-state index contributed by atoms with van der Waals surface area (Å²) in [5, 5.41) is 16.6. The lowest BCUT2D eigenvalue weighted by atomic mass is 10.2. The summed E-state index contributed by atoms with van der Waals surface area (Å²) in [6.07, 6.45) is 0.960. The van der Waals surface area contributed by atoms with Gasteiger partial charge in [-0.3, -0.25) is 4.68 Å². The molecule has 0 aromatic carbocycles. The average Bonchev–Trinajstić information content (AvgIpc) is 2.96. The van der Waals surface area contributed by atoms with E-state index in [0.29, 0.717) is 11.4 Å². The van der Waals surface area contributed by atoms with Crippen molar-refractivity contribution in [3.8, 4) is 5.75 Å². The lowest BCUT2D eigenvalue weighted by Crippen LogP contribution is -2.12. The van der Waals surface area contributed by atoms with Gasteiger partial charge in [-0.2, -0.15) is 5.10 Å². The molecule has 0 spiro atoms. The third-order valence-electron chi connectivity index (χ3n) is 2.58. The first kappa shape index (κ1) is 12.1. The van der Waals surface area contributed by atoms with Crippen molar-refractivity contribution in [3.05, 3.63) is 34.3 Å². The van der Waals surface area contributed by atoms with Crippen LogP contribution in [0.4, 0.5) is 0 Å². The number of hydrogen-bond acceptors (Lipinski definition) is 4. The fourth-order valence-electron chi connectivity index (χ4n) is 1.77. The number of nitrogens with zero attached hydrogens (tertiary/aromatic N) is 2. The van der Waals surface area contributed by atoms with Gasteiger partial charge in [0.25, 0.3) is 0 Å². The number of hydrogen-bond donors (Lipinski definition) is 1. The van der Waals surface area contributed by atoms with Crippen LogP contribution in [-0.4, -0.2) is 22.0 Å². The van der Waals surface area contributed by atoms with E-state index in [2.05, 4.69) is 5.10 Å². The molecule has 2 heterocycles. The van der Waals surface area contributed by atoms with Crippen molar-refractivity contribution in [2.45, 2.75) is 26.0 Å². The first-order valence-corrected chi connectivity index (χ1v) is 6.36. The van der Waals surface area contributed by atoms with Crippen LogP contribution in [-0.2, 0) is 0 Å². The summed E-state index contributed by atoms with van der Waals surface area (Å²) < 4.78 is 7.05. The molecule has 2 aromatic rings. The smallest absolute Gasteiger partial charge is 0.163 e. The number of aliphatic hydroxyl groups excluding tert-OH is 1. The minimum Gasteiger partial charge on any atom is -0.493 e.